The molecule has 1 atom stereocenters. The molecule has 1 fully saturated rings. The Morgan fingerprint density at radius 2 is 1.58 bits per heavy atom. The van der Waals surface area contributed by atoms with Crippen LogP contribution in [0.4, 0.5) is 26.7 Å². The minimum atomic E-state index is -0.664. The zero-order valence-corrected chi connectivity index (χ0v) is 28.3. The number of pyridine rings is 1. The fourth-order valence-corrected chi connectivity index (χ4v) is 5.60. The zero-order valence-electron chi connectivity index (χ0n) is 28.3. The smallest absolute Gasteiger partial charge is 0.411 e. The lowest BCUT2D eigenvalue weighted by molar-refractivity contribution is 0.0777. The number of anilines is 3. The molecule has 12 nitrogen and oxygen atoms in total. The van der Waals surface area contributed by atoms with E-state index in [1.54, 1.807) is 36.5 Å². The molecular formula is C36H42N6O6. The van der Waals surface area contributed by atoms with Crippen LogP contribution in [0.25, 0.3) is 10.8 Å². The van der Waals surface area contributed by atoms with Crippen LogP contribution in [0.5, 0.6) is 17.2 Å². The van der Waals surface area contributed by atoms with E-state index in [4.69, 9.17) is 14.2 Å². The monoisotopic (exact) mass is 654 g/mol. The number of benzene rings is 3. The Morgan fingerprint density at radius 3 is 2.23 bits per heavy atom. The molecule has 0 bridgehead atoms. The fourth-order valence-electron chi connectivity index (χ4n) is 5.60. The van der Waals surface area contributed by atoms with E-state index in [1.165, 1.54) is 14.2 Å². The van der Waals surface area contributed by atoms with Crippen LogP contribution >= 0.6 is 0 Å². The van der Waals surface area contributed by atoms with E-state index in [0.717, 1.165) is 22.8 Å². The maximum absolute atomic E-state index is 13.4. The molecule has 252 valence electrons. The number of aromatic nitrogens is 1. The minimum absolute atomic E-state index is 0.127. The Labute approximate surface area is 280 Å². The van der Waals surface area contributed by atoms with Crippen molar-refractivity contribution < 1.29 is 28.6 Å². The average molecular weight is 655 g/mol. The van der Waals surface area contributed by atoms with Crippen LogP contribution in [0.2, 0.25) is 0 Å². The van der Waals surface area contributed by atoms with Gasteiger partial charge in [-0.1, -0.05) is 45.0 Å². The number of amides is 4. The van der Waals surface area contributed by atoms with Crippen molar-refractivity contribution in [2.45, 2.75) is 38.6 Å². The summed E-state index contributed by atoms with van der Waals surface area (Å²) >= 11 is 0. The number of hydrogen-bond donors (Lipinski definition) is 3. The molecule has 0 aliphatic carbocycles. The van der Waals surface area contributed by atoms with Crippen LogP contribution in [0.15, 0.2) is 66.9 Å². The third kappa shape index (κ3) is 7.60. The first-order valence-electron chi connectivity index (χ1n) is 15.6. The summed E-state index contributed by atoms with van der Waals surface area (Å²) < 4.78 is 16.6. The molecule has 48 heavy (non-hydrogen) atoms. The molecule has 4 amide bonds. The van der Waals surface area contributed by atoms with Gasteiger partial charge in [0.25, 0.3) is 5.91 Å². The number of methoxy groups -OCH3 is 2. The van der Waals surface area contributed by atoms with Gasteiger partial charge in [-0.25, -0.2) is 9.59 Å². The van der Waals surface area contributed by atoms with Gasteiger partial charge in [-0.15, -0.1) is 0 Å². The first-order chi connectivity index (χ1) is 22.9. The molecule has 0 unspecified atom stereocenters. The van der Waals surface area contributed by atoms with E-state index in [0.29, 0.717) is 53.4 Å². The van der Waals surface area contributed by atoms with Crippen molar-refractivity contribution >= 4 is 45.9 Å². The molecule has 12 heteroatoms. The summed E-state index contributed by atoms with van der Waals surface area (Å²) in [7, 11) is 6.77. The van der Waals surface area contributed by atoms with Gasteiger partial charge in [-0.2, -0.15) is 0 Å². The summed E-state index contributed by atoms with van der Waals surface area (Å²) in [5.74, 6) is 1.17. The largest absolute Gasteiger partial charge is 0.492 e. The highest BCUT2D eigenvalue weighted by atomic mass is 16.5. The molecule has 2 heterocycles. The SMILES string of the molecule is COC(=O)Nc1cc(C(C)(C)C)cc(NC(=O)Nc2ccc(Oc3ccnc(C(=O)N4CC[C@H](N(C)C)C4)c3)c3ccccc23)c1OC. The average Bonchev–Trinajstić information content (AvgIpc) is 3.56. The molecule has 1 aliphatic heterocycles. The lowest BCUT2D eigenvalue weighted by Gasteiger charge is -2.24. The zero-order chi connectivity index (χ0) is 34.6. The van der Waals surface area contributed by atoms with Crippen LogP contribution in [0, 0.1) is 0 Å². The second-order valence-corrected chi connectivity index (χ2v) is 12.8. The Kier molecular flexibility index (Phi) is 10.0. The van der Waals surface area contributed by atoms with Gasteiger partial charge in [0.15, 0.2) is 5.75 Å². The highest BCUT2D eigenvalue weighted by molar-refractivity contribution is 6.08. The summed E-state index contributed by atoms with van der Waals surface area (Å²) in [5, 5.41) is 9.98. The van der Waals surface area contributed by atoms with Crippen molar-refractivity contribution in [1.82, 2.24) is 14.8 Å². The topological polar surface area (TPSA) is 134 Å². The van der Waals surface area contributed by atoms with Crippen molar-refractivity contribution in [2.24, 2.45) is 0 Å². The number of carbonyl (C=O) groups is 3. The summed E-state index contributed by atoms with van der Waals surface area (Å²) in [6, 6.07) is 17.8. The molecule has 3 aromatic carbocycles. The van der Waals surface area contributed by atoms with Crippen LogP contribution < -0.4 is 25.4 Å². The number of likely N-dealkylation sites (tertiary alicyclic amines) is 1. The van der Waals surface area contributed by atoms with Crippen molar-refractivity contribution in [3.05, 3.63) is 78.1 Å². The van der Waals surface area contributed by atoms with Crippen LogP contribution in [0.3, 0.4) is 0 Å². The van der Waals surface area contributed by atoms with E-state index in [1.807, 2.05) is 70.1 Å². The summed E-state index contributed by atoms with van der Waals surface area (Å²) in [6.45, 7) is 7.41. The molecule has 0 saturated carbocycles. The summed E-state index contributed by atoms with van der Waals surface area (Å²) in [4.78, 5) is 47.0. The number of fused-ring (bicyclic) bond motifs is 1. The Balaban J connectivity index is 1.37. The quantitative estimate of drug-likeness (QED) is 0.186. The first kappa shape index (κ1) is 34.0. The Hall–Kier alpha value is -5.36. The molecule has 5 rings (SSSR count). The van der Waals surface area contributed by atoms with Crippen molar-refractivity contribution in [3.63, 3.8) is 0 Å². The number of nitrogens with zero attached hydrogens (tertiary/aromatic N) is 3. The molecule has 1 saturated heterocycles. The molecule has 0 spiro atoms. The van der Waals surface area contributed by atoms with Crippen LogP contribution in [0.1, 0.15) is 43.2 Å². The van der Waals surface area contributed by atoms with E-state index >= 15 is 0 Å². The Morgan fingerprint density at radius 1 is 0.896 bits per heavy atom. The fraction of sp³-hybridized carbons (Fsp3) is 0.333. The van der Waals surface area contributed by atoms with E-state index < -0.39 is 12.1 Å². The van der Waals surface area contributed by atoms with Crippen LogP contribution in [-0.2, 0) is 10.2 Å². The van der Waals surface area contributed by atoms with Crippen LogP contribution in [-0.4, -0.2) is 80.3 Å². The molecule has 0 radical (unpaired) electrons. The molecule has 1 aliphatic rings. The standard InChI is InChI=1S/C36H42N6O6/c1-36(2,3)22-18-28(32(46-6)29(19-22)40-35(45)47-7)39-34(44)38-27-12-13-31(26-11-9-8-10-25(26)27)48-24-14-16-37-30(20-24)33(43)42-17-15-23(21-42)41(4)5/h8-14,16,18-20,23H,15,17,21H2,1-7H3,(H,40,45)(H2,38,39,44)/t23-/m0/s1. The van der Waals surface area contributed by atoms with Gasteiger partial charge in [0.05, 0.1) is 31.3 Å². The predicted molar refractivity (Wildman–Crippen MR) is 187 cm³/mol. The van der Waals surface area contributed by atoms with Gasteiger partial charge in [-0.3, -0.25) is 15.1 Å². The normalized spacial score (nSPS) is 14.5. The minimum Gasteiger partial charge on any atom is -0.492 e. The summed E-state index contributed by atoms with van der Waals surface area (Å²) in [6.07, 6.45) is 1.83. The van der Waals surface area contributed by atoms with E-state index in [9.17, 15) is 14.4 Å². The third-order valence-corrected chi connectivity index (χ3v) is 8.32. The van der Waals surface area contributed by atoms with Gasteiger partial charge in [0, 0.05) is 42.2 Å². The lowest BCUT2D eigenvalue weighted by Crippen LogP contribution is -2.34. The molecule has 4 aromatic rings. The number of carbonyl (C=O) groups excluding carboxylic acids is 3. The Bertz CT molecular complexity index is 1840. The number of nitrogens with one attached hydrogen (secondary N) is 3. The van der Waals surface area contributed by atoms with Crippen molar-refractivity contribution in [2.75, 3.05) is 57.4 Å². The second kappa shape index (κ2) is 14.2. The van der Waals surface area contributed by atoms with Gasteiger partial charge >= 0.3 is 12.1 Å². The highest BCUT2D eigenvalue weighted by Gasteiger charge is 2.29. The van der Waals surface area contributed by atoms with Crippen molar-refractivity contribution in [3.8, 4) is 17.2 Å². The maximum Gasteiger partial charge on any atom is 0.411 e. The molecule has 3 N–H and O–H groups in total. The number of ether oxygens (including phenoxy) is 3. The number of hydrogen-bond acceptors (Lipinski definition) is 8. The lowest BCUT2D eigenvalue weighted by atomic mass is 9.86. The second-order valence-electron chi connectivity index (χ2n) is 12.8. The van der Waals surface area contributed by atoms with Crippen molar-refractivity contribution in [1.29, 1.82) is 0 Å². The van der Waals surface area contributed by atoms with Gasteiger partial charge in [-0.05, 0) is 61.8 Å². The molecular weight excluding hydrogens is 612 g/mol. The first-order valence-corrected chi connectivity index (χ1v) is 15.6. The number of urea groups is 1. The number of likely N-dealkylation sites (N-methyl/N-ethyl adjacent to an activating group) is 1. The maximum atomic E-state index is 13.4. The number of rotatable bonds is 8. The van der Waals surface area contributed by atoms with Gasteiger partial charge in [0.2, 0.25) is 0 Å². The summed E-state index contributed by atoms with van der Waals surface area (Å²) in [5.41, 5.74) is 2.15. The predicted octanol–water partition coefficient (Wildman–Crippen LogP) is 6.93. The van der Waals surface area contributed by atoms with Gasteiger partial charge < -0.3 is 34.6 Å². The third-order valence-electron chi connectivity index (χ3n) is 8.32. The van der Waals surface area contributed by atoms with E-state index in [-0.39, 0.29) is 17.1 Å². The highest BCUT2D eigenvalue weighted by Crippen LogP contribution is 2.39. The van der Waals surface area contributed by atoms with Gasteiger partial charge in [0.1, 0.15) is 17.2 Å². The van der Waals surface area contributed by atoms with E-state index in [2.05, 4.69) is 25.8 Å². The molecule has 1 aromatic heterocycles.